The number of aryl methyl sites for hydroxylation is 1. The van der Waals surface area contributed by atoms with E-state index in [1.54, 1.807) is 12.3 Å². The molecule has 0 aliphatic heterocycles. The molecule has 0 saturated heterocycles. The maximum Gasteiger partial charge on any atom is 0.168 e. The molecule has 72 valence electrons. The predicted octanol–water partition coefficient (Wildman–Crippen LogP) is 1.65. The minimum Gasteiger partial charge on any atom is -0.296 e. The van der Waals surface area contributed by atoms with Crippen LogP contribution >= 0.6 is 0 Å². The molecule has 2 heterocycles. The van der Waals surface area contributed by atoms with Gasteiger partial charge in [0.25, 0.3) is 0 Å². The SMILES string of the molecule is CCCn1cc2cc(C=O)ncc2n1. The Morgan fingerprint density at radius 1 is 1.57 bits per heavy atom. The van der Waals surface area contributed by atoms with E-state index in [4.69, 9.17) is 0 Å². The third-order valence-corrected chi connectivity index (χ3v) is 2.03. The van der Waals surface area contributed by atoms with Gasteiger partial charge in [0.1, 0.15) is 11.2 Å². The highest BCUT2D eigenvalue weighted by atomic mass is 16.1. The highest BCUT2D eigenvalue weighted by molar-refractivity contribution is 5.83. The van der Waals surface area contributed by atoms with Gasteiger partial charge in [0.15, 0.2) is 6.29 Å². The zero-order valence-electron chi connectivity index (χ0n) is 7.97. The largest absolute Gasteiger partial charge is 0.296 e. The molecular weight excluding hydrogens is 178 g/mol. The highest BCUT2D eigenvalue weighted by Gasteiger charge is 2.01. The van der Waals surface area contributed by atoms with E-state index in [0.29, 0.717) is 5.69 Å². The van der Waals surface area contributed by atoms with Gasteiger partial charge in [-0.1, -0.05) is 6.92 Å². The number of carbonyl (C=O) groups is 1. The van der Waals surface area contributed by atoms with Crippen molar-refractivity contribution >= 4 is 17.2 Å². The molecule has 0 radical (unpaired) electrons. The van der Waals surface area contributed by atoms with Crippen molar-refractivity contribution in [2.24, 2.45) is 0 Å². The van der Waals surface area contributed by atoms with E-state index in [2.05, 4.69) is 17.0 Å². The molecule has 4 nitrogen and oxygen atoms in total. The predicted molar refractivity (Wildman–Crippen MR) is 53.2 cm³/mol. The average Bonchev–Trinajstić information content (AvgIpc) is 2.59. The summed E-state index contributed by atoms with van der Waals surface area (Å²) in [5, 5.41) is 5.28. The Morgan fingerprint density at radius 2 is 2.43 bits per heavy atom. The van der Waals surface area contributed by atoms with Gasteiger partial charge in [0.05, 0.1) is 6.20 Å². The Labute approximate surface area is 81.6 Å². The van der Waals surface area contributed by atoms with Crippen molar-refractivity contribution in [2.75, 3.05) is 0 Å². The fraction of sp³-hybridized carbons (Fsp3) is 0.300. The third kappa shape index (κ3) is 1.51. The first-order valence-electron chi connectivity index (χ1n) is 4.62. The van der Waals surface area contributed by atoms with Gasteiger partial charge in [-0.15, -0.1) is 0 Å². The zero-order valence-corrected chi connectivity index (χ0v) is 7.97. The van der Waals surface area contributed by atoms with Crippen molar-refractivity contribution in [2.45, 2.75) is 19.9 Å². The van der Waals surface area contributed by atoms with Crippen LogP contribution in [-0.4, -0.2) is 21.1 Å². The number of rotatable bonds is 3. The third-order valence-electron chi connectivity index (χ3n) is 2.03. The summed E-state index contributed by atoms with van der Waals surface area (Å²) in [6.45, 7) is 2.99. The van der Waals surface area contributed by atoms with E-state index in [0.717, 1.165) is 30.2 Å². The second kappa shape index (κ2) is 3.57. The number of hydrogen-bond acceptors (Lipinski definition) is 3. The van der Waals surface area contributed by atoms with Crippen LogP contribution in [0.15, 0.2) is 18.5 Å². The van der Waals surface area contributed by atoms with Crippen LogP contribution in [0.1, 0.15) is 23.8 Å². The second-order valence-electron chi connectivity index (χ2n) is 3.18. The number of aldehydes is 1. The van der Waals surface area contributed by atoms with E-state index in [9.17, 15) is 4.79 Å². The summed E-state index contributed by atoms with van der Waals surface area (Å²) in [6, 6.07) is 1.75. The molecule has 0 bridgehead atoms. The zero-order chi connectivity index (χ0) is 9.97. The van der Waals surface area contributed by atoms with Gasteiger partial charge >= 0.3 is 0 Å². The lowest BCUT2D eigenvalue weighted by atomic mass is 10.3. The van der Waals surface area contributed by atoms with Crippen LogP contribution in [0.4, 0.5) is 0 Å². The molecule has 14 heavy (non-hydrogen) atoms. The molecule has 0 aromatic carbocycles. The number of pyridine rings is 1. The van der Waals surface area contributed by atoms with Gasteiger partial charge < -0.3 is 0 Å². The summed E-state index contributed by atoms with van der Waals surface area (Å²) in [6.07, 6.45) is 5.36. The molecular formula is C10H11N3O. The first kappa shape index (κ1) is 8.87. The molecule has 0 aliphatic carbocycles. The minimum absolute atomic E-state index is 0.452. The smallest absolute Gasteiger partial charge is 0.168 e. The van der Waals surface area contributed by atoms with Gasteiger partial charge in [-0.3, -0.25) is 14.5 Å². The van der Waals surface area contributed by atoms with Gasteiger partial charge in [0, 0.05) is 18.1 Å². The lowest BCUT2D eigenvalue weighted by Crippen LogP contribution is -1.95. The number of carbonyl (C=O) groups excluding carboxylic acids is 1. The molecule has 2 aromatic heterocycles. The summed E-state index contributed by atoms with van der Waals surface area (Å²) in [5.74, 6) is 0. The van der Waals surface area contributed by atoms with Gasteiger partial charge in [-0.2, -0.15) is 5.10 Å². The standard InChI is InChI=1S/C10H11N3O/c1-2-3-13-6-8-4-9(7-14)11-5-10(8)12-13/h4-7H,2-3H2,1H3. The van der Waals surface area contributed by atoms with E-state index >= 15 is 0 Å². The molecule has 0 spiro atoms. The fourth-order valence-electron chi connectivity index (χ4n) is 1.40. The number of nitrogens with zero attached hydrogens (tertiary/aromatic N) is 3. The van der Waals surface area contributed by atoms with Crippen LogP contribution in [0.2, 0.25) is 0 Å². The molecule has 0 amide bonds. The van der Waals surface area contributed by atoms with Crippen molar-refractivity contribution in [3.63, 3.8) is 0 Å². The average molecular weight is 189 g/mol. The molecule has 0 unspecified atom stereocenters. The number of fused-ring (bicyclic) bond motifs is 1. The summed E-state index contributed by atoms with van der Waals surface area (Å²) < 4.78 is 1.88. The quantitative estimate of drug-likeness (QED) is 0.690. The second-order valence-corrected chi connectivity index (χ2v) is 3.18. The van der Waals surface area contributed by atoms with Gasteiger partial charge in [0.2, 0.25) is 0 Å². The Balaban J connectivity index is 2.48. The maximum atomic E-state index is 10.5. The molecule has 0 aliphatic rings. The Hall–Kier alpha value is -1.71. The highest BCUT2D eigenvalue weighted by Crippen LogP contribution is 2.11. The van der Waals surface area contributed by atoms with Crippen molar-refractivity contribution < 1.29 is 4.79 Å². The number of hydrogen-bond donors (Lipinski definition) is 0. The van der Waals surface area contributed by atoms with Gasteiger partial charge in [-0.25, -0.2) is 0 Å². The first-order chi connectivity index (χ1) is 6.83. The van der Waals surface area contributed by atoms with Gasteiger partial charge in [-0.05, 0) is 12.5 Å². The Bertz CT molecular complexity index is 461. The van der Waals surface area contributed by atoms with Crippen LogP contribution in [0.3, 0.4) is 0 Å². The monoisotopic (exact) mass is 189 g/mol. The van der Waals surface area contributed by atoms with Crippen LogP contribution < -0.4 is 0 Å². The molecule has 2 aromatic rings. The Morgan fingerprint density at radius 3 is 3.14 bits per heavy atom. The van der Waals surface area contributed by atoms with E-state index in [1.807, 2.05) is 10.9 Å². The summed E-state index contributed by atoms with van der Waals surface area (Å²) in [7, 11) is 0. The van der Waals surface area contributed by atoms with Crippen LogP contribution in [0.25, 0.3) is 10.9 Å². The maximum absolute atomic E-state index is 10.5. The number of aromatic nitrogens is 3. The van der Waals surface area contributed by atoms with E-state index < -0.39 is 0 Å². The summed E-state index contributed by atoms with van der Waals surface area (Å²) in [5.41, 5.74) is 1.29. The first-order valence-corrected chi connectivity index (χ1v) is 4.62. The molecule has 0 atom stereocenters. The molecule has 0 saturated carbocycles. The lowest BCUT2D eigenvalue weighted by Gasteiger charge is -1.93. The van der Waals surface area contributed by atoms with Crippen molar-refractivity contribution in [1.82, 2.24) is 14.8 Å². The summed E-state index contributed by atoms with van der Waals surface area (Å²) >= 11 is 0. The summed E-state index contributed by atoms with van der Waals surface area (Å²) in [4.78, 5) is 14.4. The molecule has 0 N–H and O–H groups in total. The normalized spacial score (nSPS) is 10.6. The lowest BCUT2D eigenvalue weighted by molar-refractivity contribution is 0.111. The van der Waals surface area contributed by atoms with Crippen molar-refractivity contribution in [3.05, 3.63) is 24.2 Å². The van der Waals surface area contributed by atoms with Crippen molar-refractivity contribution in [3.8, 4) is 0 Å². The van der Waals surface area contributed by atoms with E-state index in [1.165, 1.54) is 0 Å². The molecule has 2 rings (SSSR count). The molecule has 0 fully saturated rings. The minimum atomic E-state index is 0.452. The Kier molecular flexibility index (Phi) is 2.26. The topological polar surface area (TPSA) is 47.8 Å². The fourth-order valence-corrected chi connectivity index (χ4v) is 1.40. The van der Waals surface area contributed by atoms with Crippen molar-refractivity contribution in [1.29, 1.82) is 0 Å². The van der Waals surface area contributed by atoms with Crippen LogP contribution in [0.5, 0.6) is 0 Å². The van der Waals surface area contributed by atoms with E-state index in [-0.39, 0.29) is 0 Å². The van der Waals surface area contributed by atoms with Crippen LogP contribution in [0, 0.1) is 0 Å². The van der Waals surface area contributed by atoms with Crippen LogP contribution in [-0.2, 0) is 6.54 Å². The molecule has 4 heteroatoms.